The number of carbonyl (C=O) groups excluding carboxylic acids is 1. The molecule has 2 aromatic carbocycles. The Hall–Kier alpha value is -2.65. The SMILES string of the molecule is CC[C@@H](C)n1c(SCCN2C(=O)c3ccccc3S2(=O)=O)nc2ccccc2c1=O. The molecule has 7 nitrogen and oxygen atoms in total. The van der Waals surface area contributed by atoms with Crippen molar-refractivity contribution in [1.29, 1.82) is 0 Å². The maximum atomic E-state index is 13.0. The van der Waals surface area contributed by atoms with Crippen LogP contribution in [0.4, 0.5) is 0 Å². The van der Waals surface area contributed by atoms with Gasteiger partial charge in [0.15, 0.2) is 5.16 Å². The normalized spacial score (nSPS) is 16.1. The number of aromatic nitrogens is 2. The van der Waals surface area contributed by atoms with E-state index in [0.717, 1.165) is 10.7 Å². The van der Waals surface area contributed by atoms with Crippen molar-refractivity contribution in [3.05, 3.63) is 64.4 Å². The summed E-state index contributed by atoms with van der Waals surface area (Å²) in [5.41, 5.74) is 0.680. The van der Waals surface area contributed by atoms with Crippen LogP contribution in [-0.4, -0.2) is 40.5 Å². The fourth-order valence-corrected chi connectivity index (χ4v) is 6.18. The van der Waals surface area contributed by atoms with Gasteiger partial charge in [-0.2, -0.15) is 0 Å². The molecule has 30 heavy (non-hydrogen) atoms. The molecule has 1 aromatic heterocycles. The third kappa shape index (κ3) is 3.31. The summed E-state index contributed by atoms with van der Waals surface area (Å²) in [6.07, 6.45) is 0.752. The van der Waals surface area contributed by atoms with E-state index in [1.54, 1.807) is 34.9 Å². The highest BCUT2D eigenvalue weighted by Gasteiger charge is 2.40. The molecule has 3 aromatic rings. The third-order valence-electron chi connectivity index (χ3n) is 5.24. The molecule has 1 aliphatic heterocycles. The minimum atomic E-state index is -3.84. The fourth-order valence-electron chi connectivity index (χ4n) is 3.47. The molecule has 1 amide bonds. The van der Waals surface area contributed by atoms with E-state index in [1.165, 1.54) is 23.9 Å². The van der Waals surface area contributed by atoms with E-state index in [9.17, 15) is 18.0 Å². The van der Waals surface area contributed by atoms with E-state index < -0.39 is 15.9 Å². The molecule has 0 spiro atoms. The van der Waals surface area contributed by atoms with Gasteiger partial charge in [-0.15, -0.1) is 0 Å². The van der Waals surface area contributed by atoms with Gasteiger partial charge >= 0.3 is 0 Å². The van der Waals surface area contributed by atoms with Gasteiger partial charge in [-0.25, -0.2) is 17.7 Å². The van der Waals surface area contributed by atoms with E-state index in [-0.39, 0.29) is 28.6 Å². The van der Waals surface area contributed by atoms with Crippen LogP contribution in [0.15, 0.2) is 63.4 Å². The minimum absolute atomic E-state index is 0.00369. The number of thioether (sulfide) groups is 1. The molecular weight excluding hydrogens is 422 g/mol. The molecule has 0 fully saturated rings. The molecule has 9 heteroatoms. The second kappa shape index (κ2) is 7.88. The summed E-state index contributed by atoms with van der Waals surface area (Å²) < 4.78 is 28.0. The predicted molar refractivity (Wildman–Crippen MR) is 116 cm³/mol. The van der Waals surface area contributed by atoms with Crippen molar-refractivity contribution >= 4 is 38.6 Å². The van der Waals surface area contributed by atoms with Crippen LogP contribution in [0, 0.1) is 0 Å². The zero-order valence-electron chi connectivity index (χ0n) is 16.6. The number of benzene rings is 2. The minimum Gasteiger partial charge on any atom is -0.284 e. The first-order valence-corrected chi connectivity index (χ1v) is 12.1. The van der Waals surface area contributed by atoms with Crippen molar-refractivity contribution in [2.75, 3.05) is 12.3 Å². The van der Waals surface area contributed by atoms with Crippen LogP contribution >= 0.6 is 11.8 Å². The van der Waals surface area contributed by atoms with Gasteiger partial charge in [0.2, 0.25) is 0 Å². The molecule has 0 aliphatic carbocycles. The number of fused-ring (bicyclic) bond motifs is 2. The first-order valence-electron chi connectivity index (χ1n) is 9.66. The number of rotatable bonds is 6. The van der Waals surface area contributed by atoms with Crippen molar-refractivity contribution in [2.45, 2.75) is 36.4 Å². The molecule has 1 aliphatic rings. The third-order valence-corrected chi connectivity index (χ3v) is 8.02. The van der Waals surface area contributed by atoms with E-state index >= 15 is 0 Å². The Morgan fingerprint density at radius 1 is 1.07 bits per heavy atom. The number of amides is 1. The highest BCUT2D eigenvalue weighted by Crippen LogP contribution is 2.30. The van der Waals surface area contributed by atoms with Gasteiger partial charge < -0.3 is 0 Å². The van der Waals surface area contributed by atoms with E-state index in [0.29, 0.717) is 21.8 Å². The van der Waals surface area contributed by atoms with Crippen LogP contribution in [0.2, 0.25) is 0 Å². The largest absolute Gasteiger partial charge is 0.284 e. The van der Waals surface area contributed by atoms with E-state index in [1.807, 2.05) is 19.9 Å². The summed E-state index contributed by atoms with van der Waals surface area (Å²) in [6, 6.07) is 13.3. The summed E-state index contributed by atoms with van der Waals surface area (Å²) in [5, 5.41) is 1.07. The molecule has 2 heterocycles. The maximum Gasteiger partial charge on any atom is 0.269 e. The summed E-state index contributed by atoms with van der Waals surface area (Å²) in [5.74, 6) is -0.225. The number of hydrogen-bond donors (Lipinski definition) is 0. The van der Waals surface area contributed by atoms with Gasteiger partial charge in [-0.3, -0.25) is 14.2 Å². The Labute approximate surface area is 178 Å². The molecule has 0 radical (unpaired) electrons. The van der Waals surface area contributed by atoms with E-state index in [2.05, 4.69) is 4.98 Å². The molecule has 0 N–H and O–H groups in total. The van der Waals surface area contributed by atoms with Crippen LogP contribution in [0.5, 0.6) is 0 Å². The Balaban J connectivity index is 1.62. The van der Waals surface area contributed by atoms with Crippen LogP contribution in [0.3, 0.4) is 0 Å². The molecular formula is C21H21N3O4S2. The lowest BCUT2D eigenvalue weighted by Gasteiger charge is -2.19. The zero-order valence-corrected chi connectivity index (χ0v) is 18.2. The van der Waals surface area contributed by atoms with Crippen molar-refractivity contribution in [3.63, 3.8) is 0 Å². The van der Waals surface area contributed by atoms with Crippen molar-refractivity contribution in [1.82, 2.24) is 13.9 Å². The number of para-hydroxylation sites is 1. The average Bonchev–Trinajstić information content (AvgIpc) is 2.94. The smallest absolute Gasteiger partial charge is 0.269 e. The summed E-state index contributed by atoms with van der Waals surface area (Å²) in [7, 11) is -3.84. The van der Waals surface area contributed by atoms with Crippen molar-refractivity contribution in [2.24, 2.45) is 0 Å². The quantitative estimate of drug-likeness (QED) is 0.429. The van der Waals surface area contributed by atoms with Crippen molar-refractivity contribution in [3.8, 4) is 0 Å². The number of nitrogens with zero attached hydrogens (tertiary/aromatic N) is 3. The van der Waals surface area contributed by atoms with Crippen LogP contribution < -0.4 is 5.56 Å². The lowest BCUT2D eigenvalue weighted by Crippen LogP contribution is -2.32. The Bertz CT molecular complexity index is 1300. The van der Waals surface area contributed by atoms with Crippen molar-refractivity contribution < 1.29 is 13.2 Å². The summed E-state index contributed by atoms with van der Waals surface area (Å²) in [4.78, 5) is 30.3. The first-order chi connectivity index (χ1) is 14.4. The Kier molecular flexibility index (Phi) is 5.42. The fraction of sp³-hybridized carbons (Fsp3) is 0.286. The van der Waals surface area contributed by atoms with E-state index in [4.69, 9.17) is 0 Å². The van der Waals surface area contributed by atoms with Crippen LogP contribution in [0.25, 0.3) is 10.9 Å². The lowest BCUT2D eigenvalue weighted by molar-refractivity contribution is 0.0876. The summed E-state index contributed by atoms with van der Waals surface area (Å²) >= 11 is 1.28. The molecule has 0 saturated heterocycles. The second-order valence-corrected chi connectivity index (χ2v) is 9.96. The summed E-state index contributed by atoms with van der Waals surface area (Å²) in [6.45, 7) is 3.95. The Morgan fingerprint density at radius 2 is 1.77 bits per heavy atom. The molecule has 0 unspecified atom stereocenters. The molecule has 156 valence electrons. The number of sulfonamides is 1. The van der Waals surface area contributed by atoms with Gasteiger partial charge in [-0.1, -0.05) is 43.0 Å². The molecule has 0 bridgehead atoms. The number of carbonyl (C=O) groups is 1. The average molecular weight is 444 g/mol. The standard InChI is InChI=1S/C21H21N3O4S2/c1-3-14(2)24-20(26)15-8-4-6-10-17(15)22-21(24)29-13-12-23-19(25)16-9-5-7-11-18(16)30(23,27)28/h4-11,14H,3,12-13H2,1-2H3/t14-/m1/s1. The van der Waals surface area contributed by atoms with Gasteiger partial charge in [0.1, 0.15) is 4.90 Å². The van der Waals surface area contributed by atoms with Crippen LogP contribution in [-0.2, 0) is 10.0 Å². The molecule has 4 rings (SSSR count). The van der Waals surface area contributed by atoms with Gasteiger partial charge in [-0.05, 0) is 37.6 Å². The topological polar surface area (TPSA) is 89.3 Å². The van der Waals surface area contributed by atoms with Gasteiger partial charge in [0, 0.05) is 18.3 Å². The number of hydrogen-bond acceptors (Lipinski definition) is 6. The molecule has 1 atom stereocenters. The lowest BCUT2D eigenvalue weighted by atomic mass is 10.2. The second-order valence-electron chi connectivity index (χ2n) is 7.07. The van der Waals surface area contributed by atoms with Crippen LogP contribution in [0.1, 0.15) is 36.7 Å². The van der Waals surface area contributed by atoms with Gasteiger partial charge in [0.05, 0.1) is 16.5 Å². The zero-order chi connectivity index (χ0) is 21.5. The highest BCUT2D eigenvalue weighted by atomic mass is 32.2. The Morgan fingerprint density at radius 3 is 2.50 bits per heavy atom. The molecule has 0 saturated carbocycles. The monoisotopic (exact) mass is 443 g/mol. The first kappa shape index (κ1) is 20.6. The highest BCUT2D eigenvalue weighted by molar-refractivity contribution is 7.99. The van der Waals surface area contributed by atoms with Gasteiger partial charge in [0.25, 0.3) is 21.5 Å². The maximum absolute atomic E-state index is 13.0. The predicted octanol–water partition coefficient (Wildman–Crippen LogP) is 3.30.